The largest absolute Gasteiger partial charge is 0.487 e. The number of para-hydroxylation sites is 1. The van der Waals surface area contributed by atoms with Gasteiger partial charge in [0.2, 0.25) is 0 Å². The summed E-state index contributed by atoms with van der Waals surface area (Å²) in [6, 6.07) is 9.54. The van der Waals surface area contributed by atoms with Crippen LogP contribution < -0.4 is 15.2 Å². The molecule has 128 valence electrons. The van der Waals surface area contributed by atoms with Gasteiger partial charge in [0.25, 0.3) is 5.56 Å². The molecule has 2 aromatic rings. The van der Waals surface area contributed by atoms with Gasteiger partial charge in [0.15, 0.2) is 11.6 Å². The second-order valence-electron chi connectivity index (χ2n) is 6.17. The molecule has 0 atom stereocenters. The summed E-state index contributed by atoms with van der Waals surface area (Å²) in [5.41, 5.74) is -1.03. The Balaban J connectivity index is 1.62. The lowest BCUT2D eigenvalue weighted by Gasteiger charge is -2.37. The van der Waals surface area contributed by atoms with Crippen molar-refractivity contribution in [3.05, 3.63) is 58.8 Å². The van der Waals surface area contributed by atoms with E-state index in [0.29, 0.717) is 18.8 Å². The first-order valence-electron chi connectivity index (χ1n) is 7.95. The van der Waals surface area contributed by atoms with Crippen molar-refractivity contribution in [2.75, 3.05) is 24.6 Å². The van der Waals surface area contributed by atoms with Crippen molar-refractivity contribution in [3.8, 4) is 5.75 Å². The second kappa shape index (κ2) is 6.63. The van der Waals surface area contributed by atoms with Crippen LogP contribution in [0.5, 0.6) is 5.75 Å². The number of halogens is 2. The van der Waals surface area contributed by atoms with Crippen LogP contribution >= 0.6 is 0 Å². The minimum atomic E-state index is -1.52. The van der Waals surface area contributed by atoms with E-state index in [-0.39, 0.29) is 30.8 Å². The van der Waals surface area contributed by atoms with Gasteiger partial charge in [-0.1, -0.05) is 12.1 Å². The summed E-state index contributed by atoms with van der Waals surface area (Å²) in [5.74, 6) is -0.430. The monoisotopic (exact) mass is 334 g/mol. The summed E-state index contributed by atoms with van der Waals surface area (Å²) in [7, 11) is 1.69. The van der Waals surface area contributed by atoms with Crippen molar-refractivity contribution in [3.63, 3.8) is 0 Å². The highest BCUT2D eigenvalue weighted by atomic mass is 19.1. The predicted molar refractivity (Wildman–Crippen MR) is 88.9 cm³/mol. The standard InChI is InChI=1S/C18H20F2N2O2/c1-21-10-4-6-15(17(21)23)22-11-8-18(20,9-12-22)13-24-16-7-3-2-5-14(16)19/h2-7,10H,8-9,11-13H2,1H3. The van der Waals surface area contributed by atoms with Crippen molar-refractivity contribution in [1.82, 2.24) is 4.57 Å². The molecule has 1 aromatic carbocycles. The third-order valence-corrected chi connectivity index (χ3v) is 4.43. The number of nitrogens with zero attached hydrogens (tertiary/aromatic N) is 2. The fourth-order valence-corrected chi connectivity index (χ4v) is 2.89. The van der Waals surface area contributed by atoms with E-state index in [4.69, 9.17) is 4.74 Å². The SMILES string of the molecule is Cn1cccc(N2CCC(F)(COc3ccccc3F)CC2)c1=O. The second-order valence-corrected chi connectivity index (χ2v) is 6.17. The van der Waals surface area contributed by atoms with Crippen LogP contribution in [-0.4, -0.2) is 29.9 Å². The fourth-order valence-electron chi connectivity index (χ4n) is 2.89. The fraction of sp³-hybridized carbons (Fsp3) is 0.389. The van der Waals surface area contributed by atoms with E-state index in [9.17, 15) is 13.6 Å². The maximum atomic E-state index is 14.9. The van der Waals surface area contributed by atoms with Gasteiger partial charge in [0.1, 0.15) is 18.0 Å². The number of piperidine rings is 1. The number of alkyl halides is 1. The number of hydrogen-bond acceptors (Lipinski definition) is 3. The van der Waals surface area contributed by atoms with Crippen LogP contribution in [0.2, 0.25) is 0 Å². The molecule has 1 aliphatic heterocycles. The molecule has 1 aliphatic rings. The third-order valence-electron chi connectivity index (χ3n) is 4.43. The molecule has 6 heteroatoms. The lowest BCUT2D eigenvalue weighted by molar-refractivity contribution is 0.0581. The number of aromatic nitrogens is 1. The molecule has 0 saturated carbocycles. The molecule has 0 aliphatic carbocycles. The Labute approximate surface area is 139 Å². The van der Waals surface area contributed by atoms with Crippen LogP contribution in [0.25, 0.3) is 0 Å². The third kappa shape index (κ3) is 3.42. The van der Waals surface area contributed by atoms with Gasteiger partial charge in [-0.25, -0.2) is 8.78 Å². The number of benzene rings is 1. The quantitative estimate of drug-likeness (QED) is 0.862. The number of ether oxygens (including phenoxy) is 1. The lowest BCUT2D eigenvalue weighted by Crippen LogP contribution is -2.46. The van der Waals surface area contributed by atoms with Crippen LogP contribution in [0.4, 0.5) is 14.5 Å². The molecule has 0 radical (unpaired) electrons. The highest BCUT2D eigenvalue weighted by Gasteiger charge is 2.36. The number of hydrogen-bond donors (Lipinski definition) is 0. The summed E-state index contributed by atoms with van der Waals surface area (Å²) < 4.78 is 35.3. The van der Waals surface area contributed by atoms with E-state index < -0.39 is 11.5 Å². The molecule has 0 bridgehead atoms. The molecule has 24 heavy (non-hydrogen) atoms. The zero-order chi connectivity index (χ0) is 17.2. The summed E-state index contributed by atoms with van der Waals surface area (Å²) in [4.78, 5) is 14.0. The van der Waals surface area contributed by atoms with Gasteiger partial charge in [-0.2, -0.15) is 0 Å². The summed E-state index contributed by atoms with van der Waals surface area (Å²) in [6.07, 6.45) is 2.16. The molecule has 0 unspecified atom stereocenters. The summed E-state index contributed by atoms with van der Waals surface area (Å²) in [5, 5.41) is 0. The number of rotatable bonds is 4. The zero-order valence-corrected chi connectivity index (χ0v) is 13.5. The maximum absolute atomic E-state index is 14.9. The Morgan fingerprint density at radius 3 is 2.58 bits per heavy atom. The van der Waals surface area contributed by atoms with Crippen molar-refractivity contribution in [2.45, 2.75) is 18.5 Å². The normalized spacial score (nSPS) is 16.9. The number of pyridine rings is 1. The van der Waals surface area contributed by atoms with E-state index >= 15 is 0 Å². The van der Waals surface area contributed by atoms with Crippen molar-refractivity contribution in [1.29, 1.82) is 0 Å². The van der Waals surface area contributed by atoms with E-state index in [2.05, 4.69) is 0 Å². The molecule has 2 heterocycles. The molecule has 0 spiro atoms. The van der Waals surface area contributed by atoms with Gasteiger partial charge in [-0.15, -0.1) is 0 Å². The Kier molecular flexibility index (Phi) is 4.55. The number of aryl methyl sites for hydroxylation is 1. The molecule has 4 nitrogen and oxygen atoms in total. The van der Waals surface area contributed by atoms with Gasteiger partial charge in [-0.3, -0.25) is 4.79 Å². The van der Waals surface area contributed by atoms with Crippen LogP contribution in [0.15, 0.2) is 47.4 Å². The Morgan fingerprint density at radius 1 is 1.17 bits per heavy atom. The number of anilines is 1. The predicted octanol–water partition coefficient (Wildman–Crippen LogP) is 2.91. The van der Waals surface area contributed by atoms with Gasteiger partial charge in [-0.05, 0) is 24.3 Å². The van der Waals surface area contributed by atoms with E-state index in [1.807, 2.05) is 4.90 Å². The molecular weight excluding hydrogens is 314 g/mol. The van der Waals surface area contributed by atoms with E-state index in [0.717, 1.165) is 0 Å². The molecule has 1 aromatic heterocycles. The first-order valence-corrected chi connectivity index (χ1v) is 7.95. The molecule has 3 rings (SSSR count). The summed E-state index contributed by atoms with van der Waals surface area (Å²) in [6.45, 7) is 0.668. The molecule has 1 fully saturated rings. The zero-order valence-electron chi connectivity index (χ0n) is 13.5. The Morgan fingerprint density at radius 2 is 1.88 bits per heavy atom. The van der Waals surface area contributed by atoms with Crippen LogP contribution in [0, 0.1) is 5.82 Å². The average molecular weight is 334 g/mol. The van der Waals surface area contributed by atoms with Gasteiger partial charge >= 0.3 is 0 Å². The Hall–Kier alpha value is -2.37. The van der Waals surface area contributed by atoms with E-state index in [1.165, 1.54) is 16.7 Å². The molecular formula is C18H20F2N2O2. The average Bonchev–Trinajstić information content (AvgIpc) is 2.58. The minimum absolute atomic E-state index is 0.0638. The highest BCUT2D eigenvalue weighted by Crippen LogP contribution is 2.29. The summed E-state index contributed by atoms with van der Waals surface area (Å²) >= 11 is 0. The lowest BCUT2D eigenvalue weighted by atomic mass is 9.94. The van der Waals surface area contributed by atoms with E-state index in [1.54, 1.807) is 37.5 Å². The minimum Gasteiger partial charge on any atom is -0.487 e. The van der Waals surface area contributed by atoms with Crippen LogP contribution in [0.1, 0.15) is 12.8 Å². The first-order chi connectivity index (χ1) is 11.5. The van der Waals surface area contributed by atoms with Crippen molar-refractivity contribution >= 4 is 5.69 Å². The molecule has 1 saturated heterocycles. The van der Waals surface area contributed by atoms with Crippen LogP contribution in [-0.2, 0) is 7.05 Å². The van der Waals surface area contributed by atoms with Gasteiger partial charge in [0.05, 0.1) is 0 Å². The Bertz CT molecular complexity index is 768. The van der Waals surface area contributed by atoms with Gasteiger partial charge in [0, 0.05) is 39.2 Å². The highest BCUT2D eigenvalue weighted by molar-refractivity contribution is 5.44. The molecule has 0 amide bonds. The van der Waals surface area contributed by atoms with Crippen LogP contribution in [0.3, 0.4) is 0 Å². The van der Waals surface area contributed by atoms with Gasteiger partial charge < -0.3 is 14.2 Å². The first kappa shape index (κ1) is 16.5. The van der Waals surface area contributed by atoms with Crippen molar-refractivity contribution in [2.24, 2.45) is 7.05 Å². The molecule has 0 N–H and O–H groups in total. The van der Waals surface area contributed by atoms with Crippen molar-refractivity contribution < 1.29 is 13.5 Å². The topological polar surface area (TPSA) is 34.5 Å². The smallest absolute Gasteiger partial charge is 0.273 e. The maximum Gasteiger partial charge on any atom is 0.273 e.